The number of hydrogen-bond donors (Lipinski definition) is 2. The number of aliphatic imine (C=N–C) groups is 1. The summed E-state index contributed by atoms with van der Waals surface area (Å²) in [6.07, 6.45) is 3.24. The number of aromatic hydroxyl groups is 1. The Hall–Kier alpha value is -2.22. The van der Waals surface area contributed by atoms with E-state index in [-0.39, 0.29) is 29.7 Å². The summed E-state index contributed by atoms with van der Waals surface area (Å²) in [5, 5.41) is 13.4. The fraction of sp³-hybridized carbons (Fsp3) is 0.286. The molecule has 0 aromatic heterocycles. The standard InChI is InChI=1S/C21H25N3O2.HI/c1-22-21(23-15-18-14-19(26-2)8-9-20(18)25)24-12-10-17(11-13-24)16-6-4-3-5-7-16;/h3-10,14,25H,11-13,15H2,1-2H3,(H,22,23);1H. The summed E-state index contributed by atoms with van der Waals surface area (Å²) >= 11 is 0. The van der Waals surface area contributed by atoms with Gasteiger partial charge >= 0.3 is 0 Å². The number of methoxy groups -OCH3 is 1. The average molecular weight is 479 g/mol. The largest absolute Gasteiger partial charge is 0.508 e. The third-order valence-corrected chi connectivity index (χ3v) is 4.59. The van der Waals surface area contributed by atoms with Gasteiger partial charge in [0.25, 0.3) is 0 Å². The fourth-order valence-corrected chi connectivity index (χ4v) is 3.11. The quantitative estimate of drug-likeness (QED) is 0.397. The number of halogens is 1. The maximum absolute atomic E-state index is 10.0. The van der Waals surface area contributed by atoms with Gasteiger partial charge in [0.1, 0.15) is 11.5 Å². The number of nitrogens with zero attached hydrogens (tertiary/aromatic N) is 2. The Bertz CT molecular complexity index is 806. The van der Waals surface area contributed by atoms with Crippen LogP contribution >= 0.6 is 24.0 Å². The molecule has 27 heavy (non-hydrogen) atoms. The van der Waals surface area contributed by atoms with Gasteiger partial charge in [-0.3, -0.25) is 4.99 Å². The van der Waals surface area contributed by atoms with Crippen molar-refractivity contribution in [1.29, 1.82) is 0 Å². The van der Waals surface area contributed by atoms with Gasteiger partial charge in [0, 0.05) is 32.2 Å². The zero-order valence-electron chi connectivity index (χ0n) is 15.7. The SMILES string of the molecule is CN=C(NCc1cc(OC)ccc1O)N1CC=C(c2ccccc2)CC1.I. The average Bonchev–Trinajstić information content (AvgIpc) is 2.71. The maximum atomic E-state index is 10.0. The van der Waals surface area contributed by atoms with Gasteiger partial charge in [0.2, 0.25) is 0 Å². The topological polar surface area (TPSA) is 57.1 Å². The van der Waals surface area contributed by atoms with E-state index in [1.165, 1.54) is 11.1 Å². The molecule has 1 aliphatic heterocycles. The highest BCUT2D eigenvalue weighted by Gasteiger charge is 2.16. The monoisotopic (exact) mass is 479 g/mol. The van der Waals surface area contributed by atoms with E-state index < -0.39 is 0 Å². The Morgan fingerprint density at radius 3 is 2.63 bits per heavy atom. The van der Waals surface area contributed by atoms with Crippen LogP contribution in [0.3, 0.4) is 0 Å². The molecule has 2 aromatic carbocycles. The Morgan fingerprint density at radius 1 is 1.22 bits per heavy atom. The van der Waals surface area contributed by atoms with Crippen molar-refractivity contribution in [3.63, 3.8) is 0 Å². The lowest BCUT2D eigenvalue weighted by molar-refractivity contribution is 0.409. The summed E-state index contributed by atoms with van der Waals surface area (Å²) in [5.41, 5.74) is 3.45. The Balaban J connectivity index is 0.00000261. The molecule has 5 nitrogen and oxygen atoms in total. The van der Waals surface area contributed by atoms with Gasteiger partial charge in [-0.05, 0) is 35.8 Å². The molecular weight excluding hydrogens is 453 g/mol. The highest BCUT2D eigenvalue weighted by molar-refractivity contribution is 14.0. The summed E-state index contributed by atoms with van der Waals surface area (Å²) in [6, 6.07) is 15.7. The molecule has 0 saturated heterocycles. The van der Waals surface area contributed by atoms with Crippen LogP contribution in [0.15, 0.2) is 59.6 Å². The fourth-order valence-electron chi connectivity index (χ4n) is 3.11. The number of guanidine groups is 1. The molecule has 0 saturated carbocycles. The summed E-state index contributed by atoms with van der Waals surface area (Å²) in [7, 11) is 3.40. The highest BCUT2D eigenvalue weighted by Crippen LogP contribution is 2.24. The molecule has 1 heterocycles. The molecule has 6 heteroatoms. The van der Waals surface area contributed by atoms with Crippen molar-refractivity contribution in [2.75, 3.05) is 27.2 Å². The molecule has 0 fully saturated rings. The van der Waals surface area contributed by atoms with Crippen molar-refractivity contribution in [2.24, 2.45) is 4.99 Å². The number of hydrogen-bond acceptors (Lipinski definition) is 3. The summed E-state index contributed by atoms with van der Waals surface area (Å²) in [5.74, 6) is 1.80. The first-order valence-electron chi connectivity index (χ1n) is 8.77. The van der Waals surface area contributed by atoms with Crippen LogP contribution in [-0.4, -0.2) is 43.2 Å². The lowest BCUT2D eigenvalue weighted by Gasteiger charge is -2.30. The number of phenolic OH excluding ortho intramolecular Hbond substituents is 1. The first-order valence-corrected chi connectivity index (χ1v) is 8.77. The van der Waals surface area contributed by atoms with Crippen LogP contribution in [0.2, 0.25) is 0 Å². The summed E-state index contributed by atoms with van der Waals surface area (Å²) < 4.78 is 5.23. The first-order chi connectivity index (χ1) is 12.7. The van der Waals surface area contributed by atoms with E-state index in [1.807, 2.05) is 12.1 Å². The lowest BCUT2D eigenvalue weighted by atomic mass is 10.00. The normalized spacial score (nSPS) is 14.2. The number of phenols is 1. The predicted molar refractivity (Wildman–Crippen MR) is 121 cm³/mol. The highest BCUT2D eigenvalue weighted by atomic mass is 127. The zero-order valence-corrected chi connectivity index (χ0v) is 18.0. The molecule has 0 spiro atoms. The molecule has 0 amide bonds. The lowest BCUT2D eigenvalue weighted by Crippen LogP contribution is -2.43. The third-order valence-electron chi connectivity index (χ3n) is 4.59. The Kier molecular flexibility index (Phi) is 7.97. The van der Waals surface area contributed by atoms with E-state index in [1.54, 1.807) is 26.3 Å². The van der Waals surface area contributed by atoms with Crippen LogP contribution in [0.5, 0.6) is 11.5 Å². The van der Waals surface area contributed by atoms with Crippen LogP contribution in [0, 0.1) is 0 Å². The second-order valence-corrected chi connectivity index (χ2v) is 6.19. The van der Waals surface area contributed by atoms with Gasteiger partial charge in [0.15, 0.2) is 5.96 Å². The number of benzene rings is 2. The second-order valence-electron chi connectivity index (χ2n) is 6.19. The summed E-state index contributed by atoms with van der Waals surface area (Å²) in [4.78, 5) is 6.60. The molecule has 1 aliphatic rings. The molecule has 0 bridgehead atoms. The van der Waals surface area contributed by atoms with Crippen LogP contribution in [-0.2, 0) is 6.54 Å². The van der Waals surface area contributed by atoms with Crippen LogP contribution < -0.4 is 10.1 Å². The van der Waals surface area contributed by atoms with Crippen molar-refractivity contribution >= 4 is 35.5 Å². The molecular formula is C21H26IN3O2. The van der Waals surface area contributed by atoms with E-state index in [9.17, 15) is 5.11 Å². The number of ether oxygens (including phenoxy) is 1. The molecule has 2 aromatic rings. The third kappa shape index (κ3) is 5.38. The van der Waals surface area contributed by atoms with Crippen molar-refractivity contribution in [1.82, 2.24) is 10.2 Å². The van der Waals surface area contributed by atoms with Crippen molar-refractivity contribution in [3.05, 3.63) is 65.7 Å². The van der Waals surface area contributed by atoms with Gasteiger partial charge < -0.3 is 20.1 Å². The van der Waals surface area contributed by atoms with E-state index in [2.05, 4.69) is 45.6 Å². The van der Waals surface area contributed by atoms with Crippen molar-refractivity contribution in [3.8, 4) is 11.5 Å². The predicted octanol–water partition coefficient (Wildman–Crippen LogP) is 3.88. The Morgan fingerprint density at radius 2 is 2.00 bits per heavy atom. The second kappa shape index (κ2) is 10.2. The maximum Gasteiger partial charge on any atom is 0.194 e. The van der Waals surface area contributed by atoms with Crippen LogP contribution in [0.25, 0.3) is 5.57 Å². The van der Waals surface area contributed by atoms with E-state index in [0.717, 1.165) is 36.8 Å². The number of nitrogens with one attached hydrogen (secondary N) is 1. The molecule has 144 valence electrons. The van der Waals surface area contributed by atoms with Gasteiger partial charge in [-0.2, -0.15) is 0 Å². The smallest absolute Gasteiger partial charge is 0.194 e. The van der Waals surface area contributed by atoms with E-state index >= 15 is 0 Å². The molecule has 2 N–H and O–H groups in total. The molecule has 0 atom stereocenters. The zero-order chi connectivity index (χ0) is 18.4. The van der Waals surface area contributed by atoms with E-state index in [4.69, 9.17) is 4.74 Å². The van der Waals surface area contributed by atoms with Gasteiger partial charge in [0.05, 0.1) is 7.11 Å². The summed E-state index contributed by atoms with van der Waals surface area (Å²) in [6.45, 7) is 2.21. The van der Waals surface area contributed by atoms with Crippen LogP contribution in [0.4, 0.5) is 0 Å². The van der Waals surface area contributed by atoms with Crippen molar-refractivity contribution in [2.45, 2.75) is 13.0 Å². The molecule has 0 aliphatic carbocycles. The number of rotatable bonds is 4. The molecule has 0 radical (unpaired) electrons. The van der Waals surface area contributed by atoms with E-state index in [0.29, 0.717) is 6.54 Å². The molecule has 0 unspecified atom stereocenters. The van der Waals surface area contributed by atoms with Gasteiger partial charge in [-0.1, -0.05) is 36.4 Å². The van der Waals surface area contributed by atoms with Crippen molar-refractivity contribution < 1.29 is 9.84 Å². The Labute approximate surface area is 177 Å². The van der Waals surface area contributed by atoms with Gasteiger partial charge in [-0.25, -0.2) is 0 Å². The minimum Gasteiger partial charge on any atom is -0.508 e. The van der Waals surface area contributed by atoms with Crippen LogP contribution in [0.1, 0.15) is 17.5 Å². The minimum atomic E-state index is 0. The minimum absolute atomic E-state index is 0. The first kappa shape index (κ1) is 21.1. The molecule has 3 rings (SSSR count). The van der Waals surface area contributed by atoms with Gasteiger partial charge in [-0.15, -0.1) is 24.0 Å².